The van der Waals surface area contributed by atoms with Crippen LogP contribution in [0.25, 0.3) is 0 Å². The molecule has 0 radical (unpaired) electrons. The first-order valence-electron chi connectivity index (χ1n) is 5.44. The molecule has 16 heavy (non-hydrogen) atoms. The van der Waals surface area contributed by atoms with E-state index in [9.17, 15) is 0 Å². The highest BCUT2D eigenvalue weighted by atomic mass is 32.1. The van der Waals surface area contributed by atoms with Gasteiger partial charge in [0.1, 0.15) is 0 Å². The van der Waals surface area contributed by atoms with Gasteiger partial charge in [-0.05, 0) is 30.1 Å². The van der Waals surface area contributed by atoms with Crippen molar-refractivity contribution >= 4 is 11.5 Å². The quantitative estimate of drug-likeness (QED) is 0.862. The summed E-state index contributed by atoms with van der Waals surface area (Å²) in [6, 6.07) is 10.8. The Bertz CT molecular complexity index is 399. The van der Waals surface area contributed by atoms with Crippen molar-refractivity contribution in [2.24, 2.45) is 0 Å². The van der Waals surface area contributed by atoms with Crippen LogP contribution in [0.5, 0.6) is 0 Å². The number of nitrogens with zero attached hydrogens (tertiary/aromatic N) is 2. The molecule has 0 saturated heterocycles. The molecule has 2 aromatic rings. The molecule has 1 N–H and O–H groups in total. The van der Waals surface area contributed by atoms with Crippen molar-refractivity contribution in [3.63, 3.8) is 0 Å². The fourth-order valence-corrected chi connectivity index (χ4v) is 2.27. The monoisotopic (exact) mass is 233 g/mol. The molecule has 0 saturated carbocycles. The van der Waals surface area contributed by atoms with E-state index in [0.717, 1.165) is 13.0 Å². The lowest BCUT2D eigenvalue weighted by Crippen LogP contribution is -2.22. The first kappa shape index (κ1) is 11.2. The van der Waals surface area contributed by atoms with Gasteiger partial charge in [0.15, 0.2) is 0 Å². The van der Waals surface area contributed by atoms with Gasteiger partial charge in [0.2, 0.25) is 0 Å². The van der Waals surface area contributed by atoms with Crippen molar-refractivity contribution < 1.29 is 0 Å². The molecule has 3 nitrogen and oxygen atoms in total. The fourth-order valence-electron chi connectivity index (χ4n) is 1.70. The molecule has 0 amide bonds. The van der Waals surface area contributed by atoms with E-state index in [0.29, 0.717) is 6.04 Å². The maximum absolute atomic E-state index is 3.92. The molecular weight excluding hydrogens is 218 g/mol. The molecule has 0 aliphatic rings. The lowest BCUT2D eigenvalue weighted by molar-refractivity contribution is 0.557. The summed E-state index contributed by atoms with van der Waals surface area (Å²) < 4.78 is 3.92. The summed E-state index contributed by atoms with van der Waals surface area (Å²) in [6.45, 7) is 3.07. The van der Waals surface area contributed by atoms with Crippen LogP contribution in [-0.4, -0.2) is 16.1 Å². The average Bonchev–Trinajstić information content (AvgIpc) is 2.83. The van der Waals surface area contributed by atoms with E-state index < -0.39 is 0 Å². The third-order valence-corrected chi connectivity index (χ3v) is 3.23. The summed E-state index contributed by atoms with van der Waals surface area (Å²) in [6.07, 6.45) is 2.83. The van der Waals surface area contributed by atoms with Crippen LogP contribution in [-0.2, 0) is 6.42 Å². The van der Waals surface area contributed by atoms with Gasteiger partial charge in [0.05, 0.1) is 11.1 Å². The lowest BCUT2D eigenvalue weighted by Gasteiger charge is -2.15. The molecule has 1 aromatic carbocycles. The summed E-state index contributed by atoms with van der Waals surface area (Å²) in [5, 5.41) is 7.36. The third kappa shape index (κ3) is 2.87. The van der Waals surface area contributed by atoms with Crippen LogP contribution >= 0.6 is 11.5 Å². The number of nitrogens with one attached hydrogen (secondary N) is 1. The predicted molar refractivity (Wildman–Crippen MR) is 66.5 cm³/mol. The molecular formula is C12H15N3S. The van der Waals surface area contributed by atoms with Gasteiger partial charge in [-0.2, -0.15) is 0 Å². The van der Waals surface area contributed by atoms with E-state index >= 15 is 0 Å². The number of benzene rings is 1. The second-order valence-corrected chi connectivity index (χ2v) is 4.44. The van der Waals surface area contributed by atoms with Crippen molar-refractivity contribution in [1.82, 2.24) is 14.9 Å². The predicted octanol–water partition coefficient (Wildman–Crippen LogP) is 2.43. The van der Waals surface area contributed by atoms with Crippen molar-refractivity contribution in [2.45, 2.75) is 19.4 Å². The normalized spacial score (nSPS) is 12.6. The molecule has 1 heterocycles. The van der Waals surface area contributed by atoms with Crippen LogP contribution < -0.4 is 5.32 Å². The maximum Gasteiger partial charge on any atom is 0.0669 e. The van der Waals surface area contributed by atoms with Crippen molar-refractivity contribution in [2.75, 3.05) is 6.54 Å². The Hall–Kier alpha value is -1.26. The lowest BCUT2D eigenvalue weighted by atomic mass is 10.1. The zero-order valence-corrected chi connectivity index (χ0v) is 10.1. The topological polar surface area (TPSA) is 37.8 Å². The number of aromatic nitrogens is 2. The SMILES string of the molecule is CCNC(Cc1ccccc1)c1cnns1. The van der Waals surface area contributed by atoms with Gasteiger partial charge in [0.25, 0.3) is 0 Å². The van der Waals surface area contributed by atoms with Crippen molar-refractivity contribution in [1.29, 1.82) is 0 Å². The van der Waals surface area contributed by atoms with Gasteiger partial charge >= 0.3 is 0 Å². The molecule has 0 fully saturated rings. The van der Waals surface area contributed by atoms with Gasteiger partial charge in [-0.15, -0.1) is 5.10 Å². The van der Waals surface area contributed by atoms with Gasteiger partial charge in [-0.1, -0.05) is 41.7 Å². The van der Waals surface area contributed by atoms with Crippen molar-refractivity contribution in [3.8, 4) is 0 Å². The number of hydrogen-bond acceptors (Lipinski definition) is 4. The Morgan fingerprint density at radius 3 is 2.75 bits per heavy atom. The molecule has 1 aromatic heterocycles. The Balaban J connectivity index is 2.09. The third-order valence-electron chi connectivity index (χ3n) is 2.45. The van der Waals surface area contributed by atoms with Crippen LogP contribution in [0.1, 0.15) is 23.4 Å². The van der Waals surface area contributed by atoms with E-state index in [1.54, 1.807) is 0 Å². The molecule has 1 atom stereocenters. The Labute approximate surface area is 99.7 Å². The van der Waals surface area contributed by atoms with E-state index in [1.165, 1.54) is 22.0 Å². The Kier molecular flexibility index (Phi) is 4.02. The van der Waals surface area contributed by atoms with Crippen LogP contribution in [0.15, 0.2) is 36.5 Å². The van der Waals surface area contributed by atoms with E-state index in [2.05, 4.69) is 46.1 Å². The summed E-state index contributed by atoms with van der Waals surface area (Å²) in [7, 11) is 0. The van der Waals surface area contributed by atoms with E-state index in [1.807, 2.05) is 12.3 Å². The molecule has 0 bridgehead atoms. The first-order chi connectivity index (χ1) is 7.90. The minimum atomic E-state index is 0.326. The smallest absolute Gasteiger partial charge is 0.0669 e. The minimum Gasteiger partial charge on any atom is -0.309 e. The van der Waals surface area contributed by atoms with E-state index in [4.69, 9.17) is 0 Å². The number of hydrogen-bond donors (Lipinski definition) is 1. The highest BCUT2D eigenvalue weighted by molar-refractivity contribution is 7.05. The fraction of sp³-hybridized carbons (Fsp3) is 0.333. The van der Waals surface area contributed by atoms with Gasteiger partial charge in [0, 0.05) is 6.04 Å². The summed E-state index contributed by atoms with van der Waals surface area (Å²) in [5.41, 5.74) is 1.34. The molecule has 0 aliphatic heterocycles. The van der Waals surface area contributed by atoms with Gasteiger partial charge in [-0.3, -0.25) is 0 Å². The van der Waals surface area contributed by atoms with Crippen LogP contribution in [0, 0.1) is 0 Å². The van der Waals surface area contributed by atoms with E-state index in [-0.39, 0.29) is 0 Å². The summed E-state index contributed by atoms with van der Waals surface area (Å²) in [5.74, 6) is 0. The molecule has 0 spiro atoms. The minimum absolute atomic E-state index is 0.326. The van der Waals surface area contributed by atoms with Gasteiger partial charge < -0.3 is 5.32 Å². The molecule has 84 valence electrons. The molecule has 4 heteroatoms. The number of likely N-dealkylation sites (N-methyl/N-ethyl adjacent to an activating group) is 1. The van der Waals surface area contributed by atoms with Gasteiger partial charge in [-0.25, -0.2) is 0 Å². The zero-order valence-electron chi connectivity index (χ0n) is 9.26. The first-order valence-corrected chi connectivity index (χ1v) is 6.22. The maximum atomic E-state index is 3.92. The molecule has 0 aliphatic carbocycles. The zero-order chi connectivity index (χ0) is 11.2. The Morgan fingerprint density at radius 2 is 2.12 bits per heavy atom. The van der Waals surface area contributed by atoms with Crippen LogP contribution in [0.3, 0.4) is 0 Å². The highest BCUT2D eigenvalue weighted by Crippen LogP contribution is 2.20. The summed E-state index contributed by atoms with van der Waals surface area (Å²) in [4.78, 5) is 1.20. The van der Waals surface area contributed by atoms with Crippen LogP contribution in [0.2, 0.25) is 0 Å². The Morgan fingerprint density at radius 1 is 1.31 bits per heavy atom. The molecule has 2 rings (SSSR count). The van der Waals surface area contributed by atoms with Crippen LogP contribution in [0.4, 0.5) is 0 Å². The highest BCUT2D eigenvalue weighted by Gasteiger charge is 2.13. The number of rotatable bonds is 5. The second kappa shape index (κ2) is 5.72. The average molecular weight is 233 g/mol. The standard InChI is InChI=1S/C12H15N3S/c1-2-13-11(12-9-14-15-16-12)8-10-6-4-3-5-7-10/h3-7,9,11,13H,2,8H2,1H3. The van der Waals surface area contributed by atoms with Crippen molar-refractivity contribution in [3.05, 3.63) is 47.0 Å². The summed E-state index contributed by atoms with van der Waals surface area (Å²) >= 11 is 1.47. The largest absolute Gasteiger partial charge is 0.309 e. The molecule has 1 unspecified atom stereocenters. The second-order valence-electron chi connectivity index (χ2n) is 3.62.